The van der Waals surface area contributed by atoms with Crippen LogP contribution < -0.4 is 11.1 Å². The molecule has 0 unspecified atom stereocenters. The average molecular weight is 242 g/mol. The molecule has 2 rings (SSSR count). The van der Waals surface area contributed by atoms with E-state index in [-0.39, 0.29) is 0 Å². The molecule has 94 valence electrons. The highest BCUT2D eigenvalue weighted by Crippen LogP contribution is 2.23. The van der Waals surface area contributed by atoms with Crippen LogP contribution in [0.15, 0.2) is 42.5 Å². The molecule has 0 aromatic heterocycles. The fourth-order valence-electron chi connectivity index (χ4n) is 1.78. The summed E-state index contributed by atoms with van der Waals surface area (Å²) in [6, 6.07) is 14.0. The number of aryl methyl sites for hydroxylation is 1. The highest BCUT2D eigenvalue weighted by Gasteiger charge is 2.00. The summed E-state index contributed by atoms with van der Waals surface area (Å²) in [4.78, 5) is 0. The molecule has 0 aliphatic carbocycles. The molecule has 0 heterocycles. The van der Waals surface area contributed by atoms with Crippen molar-refractivity contribution in [3.05, 3.63) is 53.6 Å². The Morgan fingerprint density at radius 1 is 1.11 bits per heavy atom. The van der Waals surface area contributed by atoms with Gasteiger partial charge in [0.2, 0.25) is 0 Å². The van der Waals surface area contributed by atoms with Crippen LogP contribution in [0.2, 0.25) is 0 Å². The molecule has 0 bridgehead atoms. The van der Waals surface area contributed by atoms with Gasteiger partial charge in [-0.2, -0.15) is 0 Å². The third kappa shape index (κ3) is 3.02. The van der Waals surface area contributed by atoms with Crippen LogP contribution >= 0.6 is 0 Å². The molecule has 18 heavy (non-hydrogen) atoms. The van der Waals surface area contributed by atoms with E-state index in [4.69, 9.17) is 10.5 Å². The van der Waals surface area contributed by atoms with E-state index >= 15 is 0 Å². The van der Waals surface area contributed by atoms with Gasteiger partial charge in [-0.25, -0.2) is 0 Å². The first-order chi connectivity index (χ1) is 8.69. The van der Waals surface area contributed by atoms with Crippen molar-refractivity contribution in [1.29, 1.82) is 0 Å². The minimum absolute atomic E-state index is 0.637. The molecule has 0 atom stereocenters. The van der Waals surface area contributed by atoms with Crippen LogP contribution in [0.4, 0.5) is 17.1 Å². The SMILES string of the molecule is COCc1ccc(Nc2cc(N)ccc2C)cc1. The summed E-state index contributed by atoms with van der Waals surface area (Å²) < 4.78 is 5.08. The number of benzene rings is 2. The van der Waals surface area contributed by atoms with Crippen molar-refractivity contribution in [2.75, 3.05) is 18.2 Å². The summed E-state index contributed by atoms with van der Waals surface area (Å²) in [6.45, 7) is 2.69. The Balaban J connectivity index is 2.15. The number of anilines is 3. The van der Waals surface area contributed by atoms with Crippen molar-refractivity contribution in [1.82, 2.24) is 0 Å². The largest absolute Gasteiger partial charge is 0.399 e. The Morgan fingerprint density at radius 3 is 2.50 bits per heavy atom. The Labute approximate surface area is 108 Å². The monoisotopic (exact) mass is 242 g/mol. The molecular formula is C15H18N2O. The van der Waals surface area contributed by atoms with Crippen LogP contribution in [0.25, 0.3) is 0 Å². The summed E-state index contributed by atoms with van der Waals surface area (Å²) in [6.07, 6.45) is 0. The average Bonchev–Trinajstić information content (AvgIpc) is 2.37. The molecule has 0 aliphatic heterocycles. The molecule has 2 aromatic carbocycles. The first-order valence-corrected chi connectivity index (χ1v) is 5.90. The molecule has 0 amide bonds. The Kier molecular flexibility index (Phi) is 3.85. The molecule has 3 nitrogen and oxygen atoms in total. The van der Waals surface area contributed by atoms with E-state index < -0.39 is 0 Å². The second-order valence-corrected chi connectivity index (χ2v) is 4.33. The summed E-state index contributed by atoms with van der Waals surface area (Å²) in [5.74, 6) is 0. The zero-order valence-corrected chi connectivity index (χ0v) is 10.7. The highest BCUT2D eigenvalue weighted by molar-refractivity contribution is 5.67. The number of methoxy groups -OCH3 is 1. The Morgan fingerprint density at radius 2 is 1.83 bits per heavy atom. The van der Waals surface area contributed by atoms with Crippen molar-refractivity contribution in [2.24, 2.45) is 0 Å². The number of nitrogens with one attached hydrogen (secondary N) is 1. The van der Waals surface area contributed by atoms with E-state index in [2.05, 4.69) is 12.2 Å². The van der Waals surface area contributed by atoms with Gasteiger partial charge in [-0.05, 0) is 42.3 Å². The highest BCUT2D eigenvalue weighted by atomic mass is 16.5. The van der Waals surface area contributed by atoms with Gasteiger partial charge in [0.05, 0.1) is 6.61 Å². The number of ether oxygens (including phenoxy) is 1. The maximum atomic E-state index is 5.79. The molecule has 0 aliphatic rings. The maximum absolute atomic E-state index is 5.79. The van der Waals surface area contributed by atoms with Crippen molar-refractivity contribution in [3.63, 3.8) is 0 Å². The lowest BCUT2D eigenvalue weighted by Gasteiger charge is -2.11. The first kappa shape index (κ1) is 12.5. The summed E-state index contributed by atoms with van der Waals surface area (Å²) in [7, 11) is 1.70. The molecule has 0 radical (unpaired) electrons. The van der Waals surface area contributed by atoms with Gasteiger partial charge in [-0.1, -0.05) is 18.2 Å². The van der Waals surface area contributed by atoms with Gasteiger partial charge in [0.25, 0.3) is 0 Å². The number of hydrogen-bond acceptors (Lipinski definition) is 3. The molecule has 3 heteroatoms. The third-order valence-corrected chi connectivity index (χ3v) is 2.81. The van der Waals surface area contributed by atoms with Gasteiger partial charge in [-0.3, -0.25) is 0 Å². The zero-order chi connectivity index (χ0) is 13.0. The van der Waals surface area contributed by atoms with E-state index in [9.17, 15) is 0 Å². The van der Waals surface area contributed by atoms with E-state index in [1.54, 1.807) is 7.11 Å². The summed E-state index contributed by atoms with van der Waals surface area (Å²) in [5.41, 5.74) is 11.0. The number of hydrogen-bond donors (Lipinski definition) is 2. The zero-order valence-electron chi connectivity index (χ0n) is 10.7. The fourth-order valence-corrected chi connectivity index (χ4v) is 1.78. The van der Waals surface area contributed by atoms with Crippen LogP contribution in [0.3, 0.4) is 0 Å². The number of nitrogens with two attached hydrogens (primary N) is 1. The van der Waals surface area contributed by atoms with Gasteiger partial charge in [-0.15, -0.1) is 0 Å². The molecule has 0 saturated carbocycles. The standard InChI is InChI=1S/C15H18N2O/c1-11-3-6-13(16)9-15(11)17-14-7-4-12(5-8-14)10-18-2/h3-9,17H,10,16H2,1-2H3. The molecule has 0 saturated heterocycles. The smallest absolute Gasteiger partial charge is 0.0713 e. The van der Waals surface area contributed by atoms with Crippen LogP contribution in [0, 0.1) is 6.92 Å². The fraction of sp³-hybridized carbons (Fsp3) is 0.200. The quantitative estimate of drug-likeness (QED) is 0.807. The van der Waals surface area contributed by atoms with Gasteiger partial charge in [0.15, 0.2) is 0 Å². The van der Waals surface area contributed by atoms with Crippen molar-refractivity contribution in [3.8, 4) is 0 Å². The van der Waals surface area contributed by atoms with Crippen LogP contribution in [-0.2, 0) is 11.3 Å². The number of nitrogen functional groups attached to an aromatic ring is 1. The van der Waals surface area contributed by atoms with Crippen molar-refractivity contribution < 1.29 is 4.74 Å². The van der Waals surface area contributed by atoms with Crippen LogP contribution in [-0.4, -0.2) is 7.11 Å². The molecule has 3 N–H and O–H groups in total. The Bertz CT molecular complexity index is 521. The molecule has 0 spiro atoms. The molecular weight excluding hydrogens is 224 g/mol. The minimum Gasteiger partial charge on any atom is -0.399 e. The Hall–Kier alpha value is -2.00. The first-order valence-electron chi connectivity index (χ1n) is 5.90. The second kappa shape index (κ2) is 5.56. The number of rotatable bonds is 4. The van der Waals surface area contributed by atoms with E-state index in [0.29, 0.717) is 6.61 Å². The lowest BCUT2D eigenvalue weighted by molar-refractivity contribution is 0.185. The molecule has 2 aromatic rings. The topological polar surface area (TPSA) is 47.3 Å². The van der Waals surface area contributed by atoms with Crippen molar-refractivity contribution in [2.45, 2.75) is 13.5 Å². The lowest BCUT2D eigenvalue weighted by atomic mass is 10.1. The summed E-state index contributed by atoms with van der Waals surface area (Å²) in [5, 5.41) is 3.36. The van der Waals surface area contributed by atoms with Gasteiger partial charge in [0, 0.05) is 24.2 Å². The van der Waals surface area contributed by atoms with Crippen LogP contribution in [0.5, 0.6) is 0 Å². The van der Waals surface area contributed by atoms with Gasteiger partial charge >= 0.3 is 0 Å². The normalized spacial score (nSPS) is 10.3. The summed E-state index contributed by atoms with van der Waals surface area (Å²) >= 11 is 0. The van der Waals surface area contributed by atoms with Crippen molar-refractivity contribution >= 4 is 17.1 Å². The predicted octanol–water partition coefficient (Wildman–Crippen LogP) is 3.47. The van der Waals surface area contributed by atoms with Gasteiger partial charge in [0.1, 0.15) is 0 Å². The van der Waals surface area contributed by atoms with Crippen LogP contribution in [0.1, 0.15) is 11.1 Å². The van der Waals surface area contributed by atoms with E-state index in [1.807, 2.05) is 42.5 Å². The van der Waals surface area contributed by atoms with Gasteiger partial charge < -0.3 is 15.8 Å². The van der Waals surface area contributed by atoms with E-state index in [0.717, 1.165) is 22.6 Å². The van der Waals surface area contributed by atoms with E-state index in [1.165, 1.54) is 5.56 Å². The molecule has 0 fully saturated rings. The third-order valence-electron chi connectivity index (χ3n) is 2.81. The lowest BCUT2D eigenvalue weighted by Crippen LogP contribution is -1.95. The predicted molar refractivity (Wildman–Crippen MR) is 76.0 cm³/mol. The maximum Gasteiger partial charge on any atom is 0.0713 e. The second-order valence-electron chi connectivity index (χ2n) is 4.33. The minimum atomic E-state index is 0.637.